The van der Waals surface area contributed by atoms with E-state index in [9.17, 15) is 0 Å². The van der Waals surface area contributed by atoms with E-state index in [1.54, 1.807) is 14.2 Å². The van der Waals surface area contributed by atoms with Gasteiger partial charge in [-0.05, 0) is 43.4 Å². The molecule has 0 aliphatic heterocycles. The second-order valence-electron chi connectivity index (χ2n) is 5.71. The summed E-state index contributed by atoms with van der Waals surface area (Å²) < 4.78 is 15.9. The molecular formula is C16H21N3O3. The van der Waals surface area contributed by atoms with Crippen LogP contribution in [0.1, 0.15) is 36.5 Å². The maximum Gasteiger partial charge on any atom is 0.227 e. The van der Waals surface area contributed by atoms with Crippen molar-refractivity contribution in [2.45, 2.75) is 37.6 Å². The van der Waals surface area contributed by atoms with Crippen molar-refractivity contribution in [1.29, 1.82) is 0 Å². The molecule has 0 atom stereocenters. The number of methoxy groups -OCH3 is 2. The predicted octanol–water partition coefficient (Wildman–Crippen LogP) is 2.21. The van der Waals surface area contributed by atoms with E-state index in [0.717, 1.165) is 42.7 Å². The van der Waals surface area contributed by atoms with Crippen LogP contribution in [0.25, 0.3) is 0 Å². The molecule has 1 fully saturated rings. The third-order valence-corrected chi connectivity index (χ3v) is 4.23. The molecule has 2 aromatic rings. The summed E-state index contributed by atoms with van der Waals surface area (Å²) >= 11 is 0. The molecule has 6 nitrogen and oxygen atoms in total. The normalized spacial score (nSPS) is 16.1. The number of nitrogens with zero attached hydrogens (tertiary/aromatic N) is 2. The summed E-state index contributed by atoms with van der Waals surface area (Å²) in [5, 5.41) is 4.03. The van der Waals surface area contributed by atoms with Crippen molar-refractivity contribution >= 4 is 0 Å². The summed E-state index contributed by atoms with van der Waals surface area (Å²) in [5.74, 6) is 2.71. The molecule has 22 heavy (non-hydrogen) atoms. The number of benzene rings is 1. The summed E-state index contributed by atoms with van der Waals surface area (Å²) in [4.78, 5) is 4.44. The van der Waals surface area contributed by atoms with E-state index in [4.69, 9.17) is 19.7 Å². The number of aromatic nitrogens is 2. The minimum atomic E-state index is -0.370. The summed E-state index contributed by atoms with van der Waals surface area (Å²) in [7, 11) is 3.26. The first-order valence-electron chi connectivity index (χ1n) is 7.47. The van der Waals surface area contributed by atoms with Gasteiger partial charge in [0.15, 0.2) is 17.3 Å². The zero-order valence-electron chi connectivity index (χ0n) is 13.0. The van der Waals surface area contributed by atoms with Gasteiger partial charge in [0.1, 0.15) is 0 Å². The third-order valence-electron chi connectivity index (χ3n) is 4.23. The lowest BCUT2D eigenvalue weighted by molar-refractivity contribution is 0.229. The Balaban J connectivity index is 1.65. The van der Waals surface area contributed by atoms with Crippen LogP contribution in [0.2, 0.25) is 0 Å². The number of rotatable bonds is 6. The van der Waals surface area contributed by atoms with Gasteiger partial charge in [0.05, 0.1) is 19.8 Å². The van der Waals surface area contributed by atoms with Crippen LogP contribution in [0.4, 0.5) is 0 Å². The van der Waals surface area contributed by atoms with Crippen molar-refractivity contribution in [1.82, 2.24) is 10.1 Å². The Morgan fingerprint density at radius 1 is 1.18 bits per heavy atom. The highest BCUT2D eigenvalue weighted by atomic mass is 16.5. The Morgan fingerprint density at radius 2 is 1.95 bits per heavy atom. The summed E-state index contributed by atoms with van der Waals surface area (Å²) in [6.07, 6.45) is 4.47. The molecule has 0 unspecified atom stereocenters. The van der Waals surface area contributed by atoms with Crippen molar-refractivity contribution in [2.24, 2.45) is 5.73 Å². The quantitative estimate of drug-likeness (QED) is 0.881. The van der Waals surface area contributed by atoms with Crippen molar-refractivity contribution in [3.05, 3.63) is 35.5 Å². The molecule has 3 rings (SSSR count). The standard InChI is InChI=1S/C16H21N3O3/c1-20-12-6-4-11(10-13(12)21-2)5-7-14-18-15(19-22-14)16(17)8-3-9-16/h4,6,10H,3,5,7-9,17H2,1-2H3. The first-order valence-corrected chi connectivity index (χ1v) is 7.47. The van der Waals surface area contributed by atoms with Gasteiger partial charge >= 0.3 is 0 Å². The second-order valence-corrected chi connectivity index (χ2v) is 5.71. The van der Waals surface area contributed by atoms with Crippen molar-refractivity contribution in [3.63, 3.8) is 0 Å². The van der Waals surface area contributed by atoms with E-state index in [-0.39, 0.29) is 5.54 Å². The second kappa shape index (κ2) is 5.96. The molecule has 0 saturated heterocycles. The number of nitrogens with two attached hydrogens (primary N) is 1. The molecule has 2 N–H and O–H groups in total. The van der Waals surface area contributed by atoms with Crippen LogP contribution >= 0.6 is 0 Å². The fourth-order valence-electron chi connectivity index (χ4n) is 2.63. The topological polar surface area (TPSA) is 83.4 Å². The molecule has 0 spiro atoms. The minimum absolute atomic E-state index is 0.370. The van der Waals surface area contributed by atoms with E-state index >= 15 is 0 Å². The summed E-state index contributed by atoms with van der Waals surface area (Å²) in [5.41, 5.74) is 6.96. The van der Waals surface area contributed by atoms with Gasteiger partial charge in [-0.25, -0.2) is 0 Å². The van der Waals surface area contributed by atoms with E-state index in [1.807, 2.05) is 18.2 Å². The van der Waals surface area contributed by atoms with Crippen LogP contribution in [-0.4, -0.2) is 24.4 Å². The molecular weight excluding hydrogens is 282 g/mol. The van der Waals surface area contributed by atoms with Crippen LogP contribution in [0.3, 0.4) is 0 Å². The van der Waals surface area contributed by atoms with Gasteiger partial charge in [0, 0.05) is 6.42 Å². The molecule has 1 heterocycles. The molecule has 0 radical (unpaired) electrons. The van der Waals surface area contributed by atoms with Crippen LogP contribution in [0.5, 0.6) is 11.5 Å². The fourth-order valence-corrected chi connectivity index (χ4v) is 2.63. The third kappa shape index (κ3) is 2.78. The number of hydrogen-bond donors (Lipinski definition) is 1. The molecule has 1 aliphatic carbocycles. The lowest BCUT2D eigenvalue weighted by Gasteiger charge is -2.34. The monoisotopic (exact) mass is 303 g/mol. The van der Waals surface area contributed by atoms with E-state index in [1.165, 1.54) is 0 Å². The number of hydrogen-bond acceptors (Lipinski definition) is 6. The molecule has 0 amide bonds. The molecule has 118 valence electrons. The van der Waals surface area contributed by atoms with Crippen molar-refractivity contribution < 1.29 is 14.0 Å². The van der Waals surface area contributed by atoms with Gasteiger partial charge < -0.3 is 19.7 Å². The Kier molecular flexibility index (Phi) is 4.02. The molecule has 1 aromatic carbocycles. The summed E-state index contributed by atoms with van der Waals surface area (Å²) in [6.45, 7) is 0. The Labute approximate surface area is 129 Å². The van der Waals surface area contributed by atoms with Gasteiger partial charge in [-0.3, -0.25) is 0 Å². The maximum absolute atomic E-state index is 6.20. The minimum Gasteiger partial charge on any atom is -0.493 e. The van der Waals surface area contributed by atoms with Gasteiger partial charge in [-0.1, -0.05) is 11.2 Å². The Morgan fingerprint density at radius 3 is 2.59 bits per heavy atom. The average molecular weight is 303 g/mol. The van der Waals surface area contributed by atoms with Gasteiger partial charge in [0.25, 0.3) is 0 Å². The number of ether oxygens (including phenoxy) is 2. The SMILES string of the molecule is COc1ccc(CCc2nc(C3(N)CCC3)no2)cc1OC. The highest BCUT2D eigenvalue weighted by molar-refractivity contribution is 5.42. The van der Waals surface area contributed by atoms with Crippen LogP contribution in [0.15, 0.2) is 22.7 Å². The first kappa shape index (κ1) is 14.8. The average Bonchev–Trinajstić information content (AvgIpc) is 2.99. The fraction of sp³-hybridized carbons (Fsp3) is 0.500. The molecule has 1 aromatic heterocycles. The maximum atomic E-state index is 6.20. The zero-order valence-corrected chi connectivity index (χ0v) is 13.0. The Hall–Kier alpha value is -2.08. The Bertz CT molecular complexity index is 650. The zero-order chi connectivity index (χ0) is 15.6. The van der Waals surface area contributed by atoms with Crippen LogP contribution in [-0.2, 0) is 18.4 Å². The van der Waals surface area contributed by atoms with E-state index in [0.29, 0.717) is 18.1 Å². The smallest absolute Gasteiger partial charge is 0.227 e. The highest BCUT2D eigenvalue weighted by Crippen LogP contribution is 2.37. The lowest BCUT2D eigenvalue weighted by atomic mass is 9.77. The molecule has 0 bridgehead atoms. The molecule has 1 saturated carbocycles. The van der Waals surface area contributed by atoms with Gasteiger partial charge in [0.2, 0.25) is 5.89 Å². The lowest BCUT2D eigenvalue weighted by Crippen LogP contribution is -2.44. The predicted molar refractivity (Wildman–Crippen MR) is 81.0 cm³/mol. The summed E-state index contributed by atoms with van der Waals surface area (Å²) in [6, 6.07) is 5.87. The molecule has 6 heteroatoms. The largest absolute Gasteiger partial charge is 0.493 e. The first-order chi connectivity index (χ1) is 10.6. The van der Waals surface area contributed by atoms with Crippen molar-refractivity contribution in [2.75, 3.05) is 14.2 Å². The van der Waals surface area contributed by atoms with E-state index < -0.39 is 0 Å². The van der Waals surface area contributed by atoms with Gasteiger partial charge in [-0.2, -0.15) is 4.98 Å². The van der Waals surface area contributed by atoms with Crippen LogP contribution < -0.4 is 15.2 Å². The van der Waals surface area contributed by atoms with E-state index in [2.05, 4.69) is 10.1 Å². The number of aryl methyl sites for hydroxylation is 2. The van der Waals surface area contributed by atoms with Crippen LogP contribution in [0, 0.1) is 0 Å². The van der Waals surface area contributed by atoms with Gasteiger partial charge in [-0.15, -0.1) is 0 Å². The molecule has 1 aliphatic rings. The highest BCUT2D eigenvalue weighted by Gasteiger charge is 2.38. The van der Waals surface area contributed by atoms with Crippen molar-refractivity contribution in [3.8, 4) is 11.5 Å².